The summed E-state index contributed by atoms with van der Waals surface area (Å²) in [5, 5.41) is 3.18. The lowest BCUT2D eigenvalue weighted by Gasteiger charge is -2.33. The molecule has 0 bridgehead atoms. The second-order valence-corrected chi connectivity index (χ2v) is 6.87. The first-order valence-corrected chi connectivity index (χ1v) is 8.88. The van der Waals surface area contributed by atoms with Crippen molar-refractivity contribution in [2.24, 2.45) is 17.6 Å². The van der Waals surface area contributed by atoms with E-state index in [0.717, 1.165) is 32.1 Å². The molecule has 8 heteroatoms. The fourth-order valence-corrected chi connectivity index (χ4v) is 3.86. The molecule has 2 heterocycles. The first-order chi connectivity index (χ1) is 11.7. The average Bonchev–Trinajstić information content (AvgIpc) is 3.09. The Morgan fingerprint density at radius 1 is 1.15 bits per heavy atom. The standard InChI is InChI=1S/C18H26N4O2.2ClH/c19-11-14-3-1-5-16(14)21-17(23)15-4-2-10-22(12-15)18(24)13-6-8-20-9-7-13;;/h6-9,14-16H,1-5,10-12,19H2,(H,21,23);2*1H. The highest BCUT2D eigenvalue weighted by Crippen LogP contribution is 2.26. The number of carbonyl (C=O) groups excluding carboxylic acids is 2. The van der Waals surface area contributed by atoms with Crippen LogP contribution in [0.4, 0.5) is 0 Å². The second kappa shape index (κ2) is 10.7. The zero-order valence-corrected chi connectivity index (χ0v) is 16.4. The molecule has 1 aliphatic heterocycles. The first-order valence-electron chi connectivity index (χ1n) is 8.88. The van der Waals surface area contributed by atoms with Crippen LogP contribution in [0.3, 0.4) is 0 Å². The van der Waals surface area contributed by atoms with E-state index in [4.69, 9.17) is 5.73 Å². The number of piperidine rings is 1. The molecule has 3 N–H and O–H groups in total. The quantitative estimate of drug-likeness (QED) is 0.805. The maximum atomic E-state index is 12.6. The van der Waals surface area contributed by atoms with Crippen LogP contribution >= 0.6 is 24.8 Å². The third-order valence-corrected chi connectivity index (χ3v) is 5.30. The number of nitrogens with one attached hydrogen (secondary N) is 1. The van der Waals surface area contributed by atoms with Gasteiger partial charge in [0, 0.05) is 37.1 Å². The van der Waals surface area contributed by atoms with Crippen molar-refractivity contribution in [1.82, 2.24) is 15.2 Å². The van der Waals surface area contributed by atoms with Crippen LogP contribution in [0.1, 0.15) is 42.5 Å². The lowest BCUT2D eigenvalue weighted by molar-refractivity contribution is -0.127. The Morgan fingerprint density at radius 3 is 2.58 bits per heavy atom. The number of halogens is 2. The van der Waals surface area contributed by atoms with E-state index in [9.17, 15) is 9.59 Å². The molecule has 1 aromatic heterocycles. The molecule has 3 unspecified atom stereocenters. The molecule has 3 atom stereocenters. The molecule has 1 saturated carbocycles. The molecular weight excluding hydrogens is 375 g/mol. The largest absolute Gasteiger partial charge is 0.353 e. The fraction of sp³-hybridized carbons (Fsp3) is 0.611. The molecule has 2 amide bonds. The van der Waals surface area contributed by atoms with Gasteiger partial charge in [-0.15, -0.1) is 24.8 Å². The van der Waals surface area contributed by atoms with Crippen molar-refractivity contribution in [2.75, 3.05) is 19.6 Å². The lowest BCUT2D eigenvalue weighted by atomic mass is 9.95. The van der Waals surface area contributed by atoms with Crippen molar-refractivity contribution in [3.63, 3.8) is 0 Å². The van der Waals surface area contributed by atoms with E-state index < -0.39 is 0 Å². The Hall–Kier alpha value is -1.37. The molecular formula is C18H28Cl2N4O2. The summed E-state index contributed by atoms with van der Waals surface area (Å²) in [7, 11) is 0. The van der Waals surface area contributed by atoms with Crippen LogP contribution in [0, 0.1) is 11.8 Å². The molecule has 146 valence electrons. The Bertz CT molecular complexity index is 588. The molecule has 0 spiro atoms. The third kappa shape index (κ3) is 5.32. The van der Waals surface area contributed by atoms with E-state index in [1.54, 1.807) is 29.4 Å². The van der Waals surface area contributed by atoms with E-state index in [1.165, 1.54) is 0 Å². The van der Waals surface area contributed by atoms with E-state index in [-0.39, 0.29) is 48.6 Å². The van der Waals surface area contributed by atoms with Gasteiger partial charge in [0.1, 0.15) is 0 Å². The molecule has 1 aromatic rings. The molecule has 0 radical (unpaired) electrons. The van der Waals surface area contributed by atoms with Crippen LogP contribution in [0.2, 0.25) is 0 Å². The van der Waals surface area contributed by atoms with E-state index in [1.807, 2.05) is 0 Å². The van der Waals surface area contributed by atoms with Gasteiger partial charge in [0.25, 0.3) is 5.91 Å². The highest BCUT2D eigenvalue weighted by Gasteiger charge is 2.33. The van der Waals surface area contributed by atoms with Gasteiger partial charge in [-0.25, -0.2) is 0 Å². The van der Waals surface area contributed by atoms with Crippen molar-refractivity contribution >= 4 is 36.6 Å². The zero-order valence-electron chi connectivity index (χ0n) is 14.8. The van der Waals surface area contributed by atoms with Gasteiger partial charge in [-0.1, -0.05) is 6.42 Å². The molecule has 1 aliphatic carbocycles. The van der Waals surface area contributed by atoms with Gasteiger partial charge < -0.3 is 16.0 Å². The van der Waals surface area contributed by atoms with Crippen molar-refractivity contribution in [1.29, 1.82) is 0 Å². The van der Waals surface area contributed by atoms with Crippen LogP contribution in [0.5, 0.6) is 0 Å². The number of likely N-dealkylation sites (tertiary alicyclic amines) is 1. The third-order valence-electron chi connectivity index (χ3n) is 5.30. The van der Waals surface area contributed by atoms with Gasteiger partial charge in [-0.05, 0) is 50.3 Å². The number of nitrogens with zero attached hydrogens (tertiary/aromatic N) is 2. The molecule has 1 saturated heterocycles. The highest BCUT2D eigenvalue weighted by molar-refractivity contribution is 5.94. The Kier molecular flexibility index (Phi) is 9.33. The predicted molar refractivity (Wildman–Crippen MR) is 106 cm³/mol. The number of rotatable bonds is 4. The number of pyridine rings is 1. The molecule has 2 fully saturated rings. The maximum Gasteiger partial charge on any atom is 0.253 e. The number of carbonyl (C=O) groups is 2. The highest BCUT2D eigenvalue weighted by atomic mass is 35.5. The van der Waals surface area contributed by atoms with Crippen molar-refractivity contribution in [3.05, 3.63) is 30.1 Å². The van der Waals surface area contributed by atoms with E-state index in [2.05, 4.69) is 10.3 Å². The monoisotopic (exact) mass is 402 g/mol. The minimum absolute atomic E-state index is 0. The number of hydrogen-bond acceptors (Lipinski definition) is 4. The summed E-state index contributed by atoms with van der Waals surface area (Å²) >= 11 is 0. The second-order valence-electron chi connectivity index (χ2n) is 6.87. The minimum atomic E-state index is -0.122. The molecule has 3 rings (SSSR count). The molecule has 6 nitrogen and oxygen atoms in total. The maximum absolute atomic E-state index is 12.6. The van der Waals surface area contributed by atoms with Crippen LogP contribution < -0.4 is 11.1 Å². The van der Waals surface area contributed by atoms with Gasteiger partial charge in [0.15, 0.2) is 0 Å². The minimum Gasteiger partial charge on any atom is -0.353 e. The van der Waals surface area contributed by atoms with Crippen LogP contribution in [0.25, 0.3) is 0 Å². The van der Waals surface area contributed by atoms with Crippen LogP contribution in [-0.2, 0) is 4.79 Å². The van der Waals surface area contributed by atoms with Crippen molar-refractivity contribution in [2.45, 2.75) is 38.1 Å². The van der Waals surface area contributed by atoms with Gasteiger partial charge in [-0.3, -0.25) is 14.6 Å². The van der Waals surface area contributed by atoms with Crippen molar-refractivity contribution in [3.8, 4) is 0 Å². The lowest BCUT2D eigenvalue weighted by Crippen LogP contribution is -2.48. The SMILES string of the molecule is Cl.Cl.NCC1CCCC1NC(=O)C1CCCN(C(=O)c2ccncc2)C1. The Balaban J connectivity index is 0.00000169. The topological polar surface area (TPSA) is 88.3 Å². The summed E-state index contributed by atoms with van der Waals surface area (Å²) in [5.74, 6) is 0.332. The van der Waals surface area contributed by atoms with Gasteiger partial charge in [-0.2, -0.15) is 0 Å². The van der Waals surface area contributed by atoms with Gasteiger partial charge in [0.05, 0.1) is 5.92 Å². The first kappa shape index (κ1) is 22.7. The fourth-order valence-electron chi connectivity index (χ4n) is 3.86. The van der Waals surface area contributed by atoms with Gasteiger partial charge in [0.2, 0.25) is 5.91 Å². The van der Waals surface area contributed by atoms with Crippen LogP contribution in [0.15, 0.2) is 24.5 Å². The van der Waals surface area contributed by atoms with E-state index in [0.29, 0.717) is 31.1 Å². The normalized spacial score (nSPS) is 25.0. The van der Waals surface area contributed by atoms with Gasteiger partial charge >= 0.3 is 0 Å². The number of nitrogens with two attached hydrogens (primary N) is 1. The zero-order chi connectivity index (χ0) is 16.9. The van der Waals surface area contributed by atoms with E-state index >= 15 is 0 Å². The van der Waals surface area contributed by atoms with Crippen LogP contribution in [-0.4, -0.2) is 47.4 Å². The molecule has 26 heavy (non-hydrogen) atoms. The van der Waals surface area contributed by atoms with Crippen molar-refractivity contribution < 1.29 is 9.59 Å². The predicted octanol–water partition coefficient (Wildman–Crippen LogP) is 2.02. The summed E-state index contributed by atoms with van der Waals surface area (Å²) in [4.78, 5) is 30.9. The number of aromatic nitrogens is 1. The smallest absolute Gasteiger partial charge is 0.253 e. The summed E-state index contributed by atoms with van der Waals surface area (Å²) in [6, 6.07) is 3.64. The summed E-state index contributed by atoms with van der Waals surface area (Å²) < 4.78 is 0. The summed E-state index contributed by atoms with van der Waals surface area (Å²) in [5.41, 5.74) is 6.42. The summed E-state index contributed by atoms with van der Waals surface area (Å²) in [6.45, 7) is 1.83. The molecule has 2 aliphatic rings. The average molecular weight is 403 g/mol. The molecule has 0 aromatic carbocycles. The summed E-state index contributed by atoms with van der Waals surface area (Å²) in [6.07, 6.45) is 8.18. The number of hydrogen-bond donors (Lipinski definition) is 2. The Labute approximate surface area is 167 Å². The number of amides is 2. The Morgan fingerprint density at radius 2 is 1.88 bits per heavy atom.